The van der Waals surface area contributed by atoms with Gasteiger partial charge in [0, 0.05) is 5.56 Å². The quantitative estimate of drug-likeness (QED) is 0.362. The summed E-state index contributed by atoms with van der Waals surface area (Å²) in [5.74, 6) is 5.53. The molecule has 0 amide bonds. The minimum absolute atomic E-state index is 0.361. The second kappa shape index (κ2) is 5.16. The standard InChI is InChI=1S/C14H15N3/c15-14(17-16)13-8-4-7-12(10-13)9-11-5-2-1-3-6-11/h1-8,10H,9,16H2,(H2,15,17). The molecule has 2 aromatic rings. The Morgan fingerprint density at radius 2 is 1.65 bits per heavy atom. The topological polar surface area (TPSA) is 64.4 Å². The lowest BCUT2D eigenvalue weighted by Crippen LogP contribution is -2.15. The Bertz CT molecular complexity index is 518. The average Bonchev–Trinajstić information content (AvgIpc) is 2.39. The molecule has 0 saturated heterocycles. The third-order valence-electron chi connectivity index (χ3n) is 2.61. The fourth-order valence-electron chi connectivity index (χ4n) is 1.75. The van der Waals surface area contributed by atoms with Gasteiger partial charge in [-0.15, -0.1) is 0 Å². The Morgan fingerprint density at radius 1 is 0.941 bits per heavy atom. The van der Waals surface area contributed by atoms with Gasteiger partial charge in [-0.1, -0.05) is 48.5 Å². The Balaban J connectivity index is 2.23. The second-order valence-electron chi connectivity index (χ2n) is 3.88. The van der Waals surface area contributed by atoms with Gasteiger partial charge in [-0.25, -0.2) is 0 Å². The van der Waals surface area contributed by atoms with Crippen LogP contribution in [-0.2, 0) is 6.42 Å². The van der Waals surface area contributed by atoms with Gasteiger partial charge in [-0.05, 0) is 23.6 Å². The number of hydrogen-bond donors (Lipinski definition) is 2. The highest BCUT2D eigenvalue weighted by molar-refractivity contribution is 5.97. The summed E-state index contributed by atoms with van der Waals surface area (Å²) < 4.78 is 0. The lowest BCUT2D eigenvalue weighted by molar-refractivity contribution is 1.18. The summed E-state index contributed by atoms with van der Waals surface area (Å²) in [4.78, 5) is 0. The van der Waals surface area contributed by atoms with Crippen LogP contribution < -0.4 is 11.6 Å². The molecule has 0 fully saturated rings. The highest BCUT2D eigenvalue weighted by atomic mass is 15.1. The van der Waals surface area contributed by atoms with E-state index in [0.717, 1.165) is 12.0 Å². The van der Waals surface area contributed by atoms with Crippen LogP contribution in [0.1, 0.15) is 16.7 Å². The van der Waals surface area contributed by atoms with Crippen LogP contribution in [0.3, 0.4) is 0 Å². The van der Waals surface area contributed by atoms with E-state index in [4.69, 9.17) is 11.6 Å². The first kappa shape index (κ1) is 11.2. The van der Waals surface area contributed by atoms with Crippen LogP contribution in [0.4, 0.5) is 0 Å². The van der Waals surface area contributed by atoms with Crippen molar-refractivity contribution >= 4 is 5.84 Å². The smallest absolute Gasteiger partial charge is 0.150 e. The maximum absolute atomic E-state index is 5.68. The minimum atomic E-state index is 0.361. The average molecular weight is 225 g/mol. The molecule has 0 radical (unpaired) electrons. The summed E-state index contributed by atoms with van der Waals surface area (Å²) in [6.45, 7) is 0. The van der Waals surface area contributed by atoms with Crippen LogP contribution >= 0.6 is 0 Å². The van der Waals surface area contributed by atoms with E-state index in [2.05, 4.69) is 23.3 Å². The molecule has 0 aliphatic rings. The van der Waals surface area contributed by atoms with E-state index in [1.165, 1.54) is 11.1 Å². The molecule has 0 heterocycles. The van der Waals surface area contributed by atoms with Gasteiger partial charge in [0.1, 0.15) is 5.84 Å². The Hall–Kier alpha value is -2.29. The molecule has 0 aliphatic carbocycles. The first-order chi connectivity index (χ1) is 8.29. The van der Waals surface area contributed by atoms with Crippen LogP contribution in [0.5, 0.6) is 0 Å². The van der Waals surface area contributed by atoms with Crippen molar-refractivity contribution in [3.8, 4) is 0 Å². The fraction of sp³-hybridized carbons (Fsp3) is 0.0714. The summed E-state index contributed by atoms with van der Waals surface area (Å²) in [6.07, 6.45) is 0.881. The molecule has 3 heteroatoms. The predicted molar refractivity (Wildman–Crippen MR) is 70.6 cm³/mol. The summed E-state index contributed by atoms with van der Waals surface area (Å²) >= 11 is 0. The lowest BCUT2D eigenvalue weighted by Gasteiger charge is -2.04. The van der Waals surface area contributed by atoms with E-state index in [1.807, 2.05) is 36.4 Å². The number of benzene rings is 2. The number of amidine groups is 1. The van der Waals surface area contributed by atoms with Crippen molar-refractivity contribution in [2.75, 3.05) is 0 Å². The van der Waals surface area contributed by atoms with Crippen LogP contribution in [0.2, 0.25) is 0 Å². The SMILES string of the molecule is NN=C(N)c1cccc(Cc2ccccc2)c1. The van der Waals surface area contributed by atoms with E-state index in [0.29, 0.717) is 5.84 Å². The zero-order valence-corrected chi connectivity index (χ0v) is 9.51. The maximum Gasteiger partial charge on any atom is 0.150 e. The molecule has 2 rings (SSSR count). The van der Waals surface area contributed by atoms with Crippen LogP contribution in [0, 0.1) is 0 Å². The summed E-state index contributed by atoms with van der Waals surface area (Å²) in [7, 11) is 0. The summed E-state index contributed by atoms with van der Waals surface area (Å²) in [5, 5.41) is 3.50. The maximum atomic E-state index is 5.68. The monoisotopic (exact) mass is 225 g/mol. The van der Waals surface area contributed by atoms with Crippen molar-refractivity contribution in [1.29, 1.82) is 0 Å². The minimum Gasteiger partial charge on any atom is -0.382 e. The molecule has 0 spiro atoms. The Morgan fingerprint density at radius 3 is 2.35 bits per heavy atom. The first-order valence-electron chi connectivity index (χ1n) is 5.46. The van der Waals surface area contributed by atoms with Gasteiger partial charge in [0.15, 0.2) is 0 Å². The lowest BCUT2D eigenvalue weighted by atomic mass is 10.0. The highest BCUT2D eigenvalue weighted by Crippen LogP contribution is 2.11. The zero-order chi connectivity index (χ0) is 12.1. The van der Waals surface area contributed by atoms with Crippen LogP contribution in [-0.4, -0.2) is 5.84 Å². The zero-order valence-electron chi connectivity index (χ0n) is 9.51. The van der Waals surface area contributed by atoms with Gasteiger partial charge in [-0.2, -0.15) is 5.10 Å². The highest BCUT2D eigenvalue weighted by Gasteiger charge is 2.00. The third kappa shape index (κ3) is 2.84. The Kier molecular flexibility index (Phi) is 3.40. The molecule has 0 bridgehead atoms. The van der Waals surface area contributed by atoms with Gasteiger partial charge < -0.3 is 11.6 Å². The Labute approximate surface area is 101 Å². The molecule has 4 N–H and O–H groups in total. The number of nitrogens with zero attached hydrogens (tertiary/aromatic N) is 1. The van der Waals surface area contributed by atoms with E-state index in [9.17, 15) is 0 Å². The fourth-order valence-corrected chi connectivity index (χ4v) is 1.75. The molecule has 0 saturated carbocycles. The van der Waals surface area contributed by atoms with Crippen LogP contribution in [0.25, 0.3) is 0 Å². The molecule has 17 heavy (non-hydrogen) atoms. The van der Waals surface area contributed by atoms with Crippen molar-refractivity contribution < 1.29 is 0 Å². The van der Waals surface area contributed by atoms with Crippen molar-refractivity contribution in [1.82, 2.24) is 0 Å². The number of hydrazone groups is 1. The molecule has 2 aromatic carbocycles. The molecule has 0 aliphatic heterocycles. The predicted octanol–water partition coefficient (Wildman–Crippen LogP) is 1.86. The van der Waals surface area contributed by atoms with E-state index < -0.39 is 0 Å². The van der Waals surface area contributed by atoms with Crippen molar-refractivity contribution in [2.45, 2.75) is 6.42 Å². The normalized spacial score (nSPS) is 11.4. The molecule has 86 valence electrons. The van der Waals surface area contributed by atoms with Crippen molar-refractivity contribution in [3.05, 3.63) is 71.3 Å². The van der Waals surface area contributed by atoms with Gasteiger partial charge in [-0.3, -0.25) is 0 Å². The van der Waals surface area contributed by atoms with E-state index in [-0.39, 0.29) is 0 Å². The largest absolute Gasteiger partial charge is 0.382 e. The summed E-state index contributed by atoms with van der Waals surface area (Å²) in [5.41, 5.74) is 9.01. The van der Waals surface area contributed by atoms with E-state index >= 15 is 0 Å². The molecular formula is C14H15N3. The van der Waals surface area contributed by atoms with Gasteiger partial charge >= 0.3 is 0 Å². The summed E-state index contributed by atoms with van der Waals surface area (Å²) in [6, 6.07) is 18.2. The molecule has 3 nitrogen and oxygen atoms in total. The molecule has 0 aromatic heterocycles. The van der Waals surface area contributed by atoms with Gasteiger partial charge in [0.2, 0.25) is 0 Å². The van der Waals surface area contributed by atoms with E-state index in [1.54, 1.807) is 0 Å². The van der Waals surface area contributed by atoms with Crippen LogP contribution in [0.15, 0.2) is 59.7 Å². The molecule has 0 unspecified atom stereocenters. The first-order valence-corrected chi connectivity index (χ1v) is 5.46. The molecule has 0 atom stereocenters. The van der Waals surface area contributed by atoms with Gasteiger partial charge in [0.25, 0.3) is 0 Å². The molecular weight excluding hydrogens is 210 g/mol. The second-order valence-corrected chi connectivity index (χ2v) is 3.88. The number of rotatable bonds is 3. The number of hydrogen-bond acceptors (Lipinski definition) is 2. The van der Waals surface area contributed by atoms with Gasteiger partial charge in [0.05, 0.1) is 0 Å². The van der Waals surface area contributed by atoms with Crippen molar-refractivity contribution in [2.24, 2.45) is 16.7 Å². The van der Waals surface area contributed by atoms with Crippen molar-refractivity contribution in [3.63, 3.8) is 0 Å². The number of nitrogens with two attached hydrogens (primary N) is 2. The third-order valence-corrected chi connectivity index (χ3v) is 2.61.